The van der Waals surface area contributed by atoms with Crippen LogP contribution < -0.4 is 5.32 Å². The summed E-state index contributed by atoms with van der Waals surface area (Å²) in [5.74, 6) is -1.12. The number of nitrogens with one attached hydrogen (secondary N) is 1. The fraction of sp³-hybridized carbons (Fsp3) is 0.267. The molecule has 1 amide bonds. The Labute approximate surface area is 143 Å². The molecule has 7 nitrogen and oxygen atoms in total. The van der Waals surface area contributed by atoms with E-state index < -0.39 is 21.7 Å². The van der Waals surface area contributed by atoms with E-state index in [1.54, 1.807) is 26.0 Å². The van der Waals surface area contributed by atoms with Crippen LogP contribution in [0.2, 0.25) is 0 Å². The van der Waals surface area contributed by atoms with Crippen LogP contribution >= 0.6 is 11.3 Å². The second-order valence-corrected chi connectivity index (χ2v) is 7.86. The highest BCUT2D eigenvalue weighted by Crippen LogP contribution is 2.25. The highest BCUT2D eigenvalue weighted by molar-refractivity contribution is 7.90. The molecule has 0 saturated carbocycles. The lowest BCUT2D eigenvalue weighted by atomic mass is 10.2. The van der Waals surface area contributed by atoms with Gasteiger partial charge in [0, 0.05) is 6.26 Å². The van der Waals surface area contributed by atoms with Crippen molar-refractivity contribution in [2.24, 2.45) is 0 Å². The molecule has 0 aliphatic heterocycles. The topological polar surface area (TPSA) is 102 Å². The first-order chi connectivity index (χ1) is 11.2. The second kappa shape index (κ2) is 7.10. The van der Waals surface area contributed by atoms with Gasteiger partial charge in [0.15, 0.2) is 15.0 Å². The summed E-state index contributed by atoms with van der Waals surface area (Å²) in [6.45, 7) is 3.56. The fourth-order valence-corrected chi connectivity index (χ4v) is 3.72. The summed E-state index contributed by atoms with van der Waals surface area (Å²) in [4.78, 5) is 28.5. The Balaban J connectivity index is 2.29. The van der Waals surface area contributed by atoms with E-state index in [9.17, 15) is 18.0 Å². The maximum Gasteiger partial charge on any atom is 0.350 e. The third-order valence-electron chi connectivity index (χ3n) is 3.01. The van der Waals surface area contributed by atoms with Crippen LogP contribution in [0.25, 0.3) is 0 Å². The van der Waals surface area contributed by atoms with Crippen LogP contribution in [-0.4, -0.2) is 38.1 Å². The Kier molecular flexibility index (Phi) is 5.35. The molecular weight excluding hydrogens is 352 g/mol. The molecule has 1 heterocycles. The number of nitrogens with zero attached hydrogens (tertiary/aromatic N) is 1. The van der Waals surface area contributed by atoms with Crippen LogP contribution in [0.15, 0.2) is 29.2 Å². The Morgan fingerprint density at radius 3 is 2.58 bits per heavy atom. The third kappa shape index (κ3) is 3.98. The molecule has 0 aliphatic carbocycles. The number of aryl methyl sites for hydroxylation is 1. The maximum absolute atomic E-state index is 12.4. The molecule has 24 heavy (non-hydrogen) atoms. The molecule has 0 fully saturated rings. The largest absolute Gasteiger partial charge is 0.462 e. The van der Waals surface area contributed by atoms with Crippen molar-refractivity contribution in [2.45, 2.75) is 18.7 Å². The van der Waals surface area contributed by atoms with Crippen molar-refractivity contribution in [1.29, 1.82) is 0 Å². The number of rotatable bonds is 5. The number of carbonyl (C=O) groups is 2. The Morgan fingerprint density at radius 2 is 1.96 bits per heavy atom. The van der Waals surface area contributed by atoms with Gasteiger partial charge in [-0.05, 0) is 26.0 Å². The first kappa shape index (κ1) is 18.1. The fourth-order valence-electron chi connectivity index (χ4n) is 1.98. The predicted octanol–water partition coefficient (Wildman–Crippen LogP) is 2.28. The smallest absolute Gasteiger partial charge is 0.350 e. The van der Waals surface area contributed by atoms with Gasteiger partial charge in [0.1, 0.15) is 4.88 Å². The molecule has 0 atom stereocenters. The number of esters is 1. The van der Waals surface area contributed by atoms with Crippen LogP contribution in [0.5, 0.6) is 0 Å². The minimum Gasteiger partial charge on any atom is -0.462 e. The maximum atomic E-state index is 12.4. The number of carbonyl (C=O) groups excluding carboxylic acids is 2. The number of sulfone groups is 1. The van der Waals surface area contributed by atoms with Gasteiger partial charge >= 0.3 is 5.97 Å². The van der Waals surface area contributed by atoms with Gasteiger partial charge in [-0.1, -0.05) is 23.5 Å². The first-order valence-electron chi connectivity index (χ1n) is 6.99. The van der Waals surface area contributed by atoms with Gasteiger partial charge in [0.25, 0.3) is 5.91 Å². The number of aromatic nitrogens is 1. The molecule has 0 saturated heterocycles. The minimum absolute atomic E-state index is 0.0190. The van der Waals surface area contributed by atoms with Gasteiger partial charge < -0.3 is 4.74 Å². The van der Waals surface area contributed by atoms with Crippen LogP contribution in [0.4, 0.5) is 5.13 Å². The molecule has 2 rings (SSSR count). The van der Waals surface area contributed by atoms with Crippen molar-refractivity contribution in [3.8, 4) is 0 Å². The average molecular weight is 368 g/mol. The number of thiazole rings is 1. The average Bonchev–Trinajstić information content (AvgIpc) is 2.87. The second-order valence-electron chi connectivity index (χ2n) is 4.88. The predicted molar refractivity (Wildman–Crippen MR) is 90.3 cm³/mol. The van der Waals surface area contributed by atoms with Crippen LogP contribution in [0.3, 0.4) is 0 Å². The molecule has 0 aliphatic rings. The van der Waals surface area contributed by atoms with Crippen molar-refractivity contribution in [1.82, 2.24) is 4.98 Å². The number of amides is 1. The van der Waals surface area contributed by atoms with Crippen molar-refractivity contribution in [2.75, 3.05) is 18.2 Å². The normalized spacial score (nSPS) is 11.1. The molecule has 2 aromatic rings. The van der Waals surface area contributed by atoms with E-state index in [0.29, 0.717) is 10.6 Å². The van der Waals surface area contributed by atoms with Gasteiger partial charge in [-0.3, -0.25) is 10.1 Å². The highest BCUT2D eigenvalue weighted by atomic mass is 32.2. The molecule has 1 aromatic heterocycles. The van der Waals surface area contributed by atoms with E-state index in [2.05, 4.69) is 10.3 Å². The zero-order valence-corrected chi connectivity index (χ0v) is 15.0. The van der Waals surface area contributed by atoms with Crippen LogP contribution in [0.1, 0.15) is 32.6 Å². The highest BCUT2D eigenvalue weighted by Gasteiger charge is 2.21. The number of benzene rings is 1. The summed E-state index contributed by atoms with van der Waals surface area (Å²) in [5.41, 5.74) is 0.454. The molecule has 0 spiro atoms. The molecular formula is C15H16N2O5S2. The zero-order chi connectivity index (χ0) is 17.9. The first-order valence-corrected chi connectivity index (χ1v) is 9.69. The molecule has 0 radical (unpaired) electrons. The van der Waals surface area contributed by atoms with Crippen molar-refractivity contribution >= 4 is 38.2 Å². The SMILES string of the molecule is CCOC(=O)c1sc(NC(=O)c2ccccc2S(C)(=O)=O)nc1C. The van der Waals surface area contributed by atoms with Gasteiger partial charge in [-0.15, -0.1) is 0 Å². The lowest BCUT2D eigenvalue weighted by Gasteiger charge is -2.06. The van der Waals surface area contributed by atoms with Crippen molar-refractivity contribution < 1.29 is 22.7 Å². The molecule has 1 aromatic carbocycles. The van der Waals surface area contributed by atoms with E-state index in [1.165, 1.54) is 12.1 Å². The Hall–Kier alpha value is -2.26. The van der Waals surface area contributed by atoms with E-state index in [0.717, 1.165) is 17.6 Å². The zero-order valence-electron chi connectivity index (χ0n) is 13.3. The van der Waals surface area contributed by atoms with Gasteiger partial charge in [0.2, 0.25) is 0 Å². The van der Waals surface area contributed by atoms with E-state index in [-0.39, 0.29) is 22.2 Å². The van der Waals surface area contributed by atoms with Crippen molar-refractivity contribution in [3.63, 3.8) is 0 Å². The lowest BCUT2D eigenvalue weighted by Crippen LogP contribution is -2.15. The van der Waals surface area contributed by atoms with Gasteiger partial charge in [0.05, 0.1) is 22.8 Å². The number of ether oxygens (including phenoxy) is 1. The summed E-state index contributed by atoms with van der Waals surface area (Å²) < 4.78 is 28.5. The minimum atomic E-state index is -3.55. The number of anilines is 1. The monoisotopic (exact) mass is 368 g/mol. The van der Waals surface area contributed by atoms with Gasteiger partial charge in [-0.25, -0.2) is 18.2 Å². The summed E-state index contributed by atoms with van der Waals surface area (Å²) in [6.07, 6.45) is 1.03. The third-order valence-corrected chi connectivity index (χ3v) is 5.22. The Bertz CT molecular complexity index is 887. The number of hydrogen-bond donors (Lipinski definition) is 1. The quantitative estimate of drug-likeness (QED) is 0.812. The molecule has 1 N–H and O–H groups in total. The summed E-state index contributed by atoms with van der Waals surface area (Å²) >= 11 is 0.977. The lowest BCUT2D eigenvalue weighted by molar-refractivity contribution is 0.0531. The summed E-state index contributed by atoms with van der Waals surface area (Å²) in [5, 5.41) is 2.72. The van der Waals surface area contributed by atoms with E-state index >= 15 is 0 Å². The Morgan fingerprint density at radius 1 is 1.29 bits per heavy atom. The van der Waals surface area contributed by atoms with Crippen molar-refractivity contribution in [3.05, 3.63) is 40.4 Å². The molecule has 0 bridgehead atoms. The van der Waals surface area contributed by atoms with E-state index in [4.69, 9.17) is 4.74 Å². The van der Waals surface area contributed by atoms with Gasteiger partial charge in [-0.2, -0.15) is 0 Å². The summed E-state index contributed by atoms with van der Waals surface area (Å²) in [7, 11) is -3.55. The standard InChI is InChI=1S/C15H16N2O5S2/c1-4-22-14(19)12-9(2)16-15(23-12)17-13(18)10-7-5-6-8-11(10)24(3,20)21/h5-8H,4H2,1-3H3,(H,16,17,18). The van der Waals surface area contributed by atoms with E-state index in [1.807, 2.05) is 0 Å². The molecule has 128 valence electrons. The molecule has 0 unspecified atom stereocenters. The van der Waals surface area contributed by atoms with Crippen LogP contribution in [-0.2, 0) is 14.6 Å². The van der Waals surface area contributed by atoms with Crippen LogP contribution in [0, 0.1) is 6.92 Å². The summed E-state index contributed by atoms with van der Waals surface area (Å²) in [6, 6.07) is 5.89. The number of hydrogen-bond acceptors (Lipinski definition) is 7. The molecule has 9 heteroatoms.